The first-order chi connectivity index (χ1) is 7.16. The van der Waals surface area contributed by atoms with E-state index in [1.165, 1.54) is 0 Å². The molecule has 1 saturated heterocycles. The van der Waals surface area contributed by atoms with Gasteiger partial charge in [-0.05, 0) is 24.6 Å². The van der Waals surface area contributed by atoms with Gasteiger partial charge in [0.05, 0.1) is 0 Å². The van der Waals surface area contributed by atoms with Gasteiger partial charge >= 0.3 is 0 Å². The number of carbonyl (C=O) groups excluding carboxylic acids is 1. The summed E-state index contributed by atoms with van der Waals surface area (Å²) in [7, 11) is 0. The fourth-order valence-electron chi connectivity index (χ4n) is 1.69. The Balaban J connectivity index is 2.17. The maximum atomic E-state index is 11.7. The highest BCUT2D eigenvalue weighted by atomic mass is 35.5. The molecule has 0 saturated carbocycles. The van der Waals surface area contributed by atoms with Crippen molar-refractivity contribution in [3.63, 3.8) is 0 Å². The summed E-state index contributed by atoms with van der Waals surface area (Å²) in [5.41, 5.74) is 0.948. The summed E-state index contributed by atoms with van der Waals surface area (Å²) < 4.78 is 0. The van der Waals surface area contributed by atoms with Crippen LogP contribution in [0.1, 0.15) is 18.5 Å². The first-order valence-corrected chi connectivity index (χ1v) is 5.34. The van der Waals surface area contributed by atoms with E-state index in [0.717, 1.165) is 12.1 Å². The van der Waals surface area contributed by atoms with Gasteiger partial charge in [-0.25, -0.2) is 0 Å². The Bertz CT molecular complexity index is 363. The van der Waals surface area contributed by atoms with E-state index in [0.29, 0.717) is 5.02 Å². The Morgan fingerprint density at radius 3 is 2.60 bits per heavy atom. The van der Waals surface area contributed by atoms with Crippen LogP contribution in [0.15, 0.2) is 24.3 Å². The third-order valence-corrected chi connectivity index (χ3v) is 2.73. The molecule has 3 nitrogen and oxygen atoms in total. The highest BCUT2D eigenvalue weighted by Crippen LogP contribution is 2.18. The number of benzene rings is 1. The van der Waals surface area contributed by atoms with Crippen LogP contribution in [-0.4, -0.2) is 18.5 Å². The van der Waals surface area contributed by atoms with Crippen LogP contribution in [0.5, 0.6) is 0 Å². The molecule has 0 aromatic heterocycles. The summed E-state index contributed by atoms with van der Waals surface area (Å²) in [5.74, 6) is 0.0241. The van der Waals surface area contributed by atoms with E-state index in [2.05, 4.69) is 10.6 Å². The lowest BCUT2D eigenvalue weighted by Crippen LogP contribution is -2.52. The molecule has 2 N–H and O–H groups in total. The van der Waals surface area contributed by atoms with Crippen LogP contribution in [0, 0.1) is 0 Å². The predicted octanol–water partition coefficient (Wildman–Crippen LogP) is 1.49. The SMILES string of the molecule is CC1CNC(c2ccc(Cl)cc2)C(=O)N1. The number of hydrogen-bond acceptors (Lipinski definition) is 2. The number of carbonyl (C=O) groups is 1. The van der Waals surface area contributed by atoms with E-state index >= 15 is 0 Å². The summed E-state index contributed by atoms with van der Waals surface area (Å²) in [4.78, 5) is 11.7. The molecule has 1 aromatic rings. The van der Waals surface area contributed by atoms with Crippen LogP contribution in [0.25, 0.3) is 0 Å². The standard InChI is InChI=1S/C11H13ClN2O/c1-7-6-13-10(11(15)14-7)8-2-4-9(12)5-3-8/h2-5,7,10,13H,6H2,1H3,(H,14,15). The molecule has 1 aliphatic heterocycles. The minimum Gasteiger partial charge on any atom is -0.351 e. The first-order valence-electron chi connectivity index (χ1n) is 4.96. The summed E-state index contributed by atoms with van der Waals surface area (Å²) in [5, 5.41) is 6.79. The van der Waals surface area contributed by atoms with E-state index in [4.69, 9.17) is 11.6 Å². The van der Waals surface area contributed by atoms with Crippen molar-refractivity contribution in [1.82, 2.24) is 10.6 Å². The average molecular weight is 225 g/mol. The van der Waals surface area contributed by atoms with Gasteiger partial charge in [-0.2, -0.15) is 0 Å². The van der Waals surface area contributed by atoms with Crippen LogP contribution in [0.4, 0.5) is 0 Å². The van der Waals surface area contributed by atoms with Crippen LogP contribution in [0.3, 0.4) is 0 Å². The third-order valence-electron chi connectivity index (χ3n) is 2.48. The number of rotatable bonds is 1. The zero-order valence-electron chi connectivity index (χ0n) is 8.46. The van der Waals surface area contributed by atoms with Gasteiger partial charge in [-0.1, -0.05) is 23.7 Å². The van der Waals surface area contributed by atoms with Crippen LogP contribution < -0.4 is 10.6 Å². The van der Waals surface area contributed by atoms with E-state index in [9.17, 15) is 4.79 Å². The molecule has 80 valence electrons. The van der Waals surface area contributed by atoms with Crippen molar-refractivity contribution >= 4 is 17.5 Å². The number of nitrogens with one attached hydrogen (secondary N) is 2. The smallest absolute Gasteiger partial charge is 0.241 e. The van der Waals surface area contributed by atoms with Gasteiger partial charge in [0, 0.05) is 17.6 Å². The molecular weight excluding hydrogens is 212 g/mol. The second-order valence-electron chi connectivity index (χ2n) is 3.80. The van der Waals surface area contributed by atoms with Crippen molar-refractivity contribution in [2.45, 2.75) is 19.0 Å². The summed E-state index contributed by atoms with van der Waals surface area (Å²) >= 11 is 5.79. The van der Waals surface area contributed by atoms with Crippen LogP contribution >= 0.6 is 11.6 Å². The lowest BCUT2D eigenvalue weighted by atomic mass is 10.0. The largest absolute Gasteiger partial charge is 0.351 e. The molecule has 2 atom stereocenters. The summed E-state index contributed by atoms with van der Waals surface area (Å²) in [6, 6.07) is 7.28. The molecule has 1 fully saturated rings. The Labute approximate surface area is 93.8 Å². The molecule has 2 unspecified atom stereocenters. The first kappa shape index (κ1) is 10.5. The van der Waals surface area contributed by atoms with E-state index < -0.39 is 0 Å². The van der Waals surface area contributed by atoms with Gasteiger partial charge in [-0.15, -0.1) is 0 Å². The zero-order valence-corrected chi connectivity index (χ0v) is 9.21. The molecule has 2 rings (SSSR count). The van der Waals surface area contributed by atoms with E-state index in [1.54, 1.807) is 12.1 Å². The molecule has 15 heavy (non-hydrogen) atoms. The van der Waals surface area contributed by atoms with Crippen molar-refractivity contribution in [3.8, 4) is 0 Å². The van der Waals surface area contributed by atoms with Crippen molar-refractivity contribution in [3.05, 3.63) is 34.9 Å². The van der Waals surface area contributed by atoms with Gasteiger partial charge in [0.1, 0.15) is 6.04 Å². The zero-order chi connectivity index (χ0) is 10.8. The normalized spacial score (nSPS) is 26.1. The minimum atomic E-state index is -0.251. The van der Waals surface area contributed by atoms with Crippen LogP contribution in [-0.2, 0) is 4.79 Å². The molecule has 4 heteroatoms. The van der Waals surface area contributed by atoms with Gasteiger partial charge in [0.15, 0.2) is 0 Å². The second kappa shape index (κ2) is 4.21. The highest BCUT2D eigenvalue weighted by molar-refractivity contribution is 6.30. The van der Waals surface area contributed by atoms with Crippen molar-refractivity contribution in [1.29, 1.82) is 0 Å². The molecule has 0 aliphatic carbocycles. The van der Waals surface area contributed by atoms with Crippen LogP contribution in [0.2, 0.25) is 5.02 Å². The van der Waals surface area contributed by atoms with Crippen molar-refractivity contribution in [2.75, 3.05) is 6.54 Å². The Morgan fingerprint density at radius 1 is 1.33 bits per heavy atom. The number of piperazine rings is 1. The highest BCUT2D eigenvalue weighted by Gasteiger charge is 2.26. The van der Waals surface area contributed by atoms with Crippen molar-refractivity contribution in [2.24, 2.45) is 0 Å². The number of hydrogen-bond donors (Lipinski definition) is 2. The number of halogens is 1. The lowest BCUT2D eigenvalue weighted by molar-refractivity contribution is -0.125. The average Bonchev–Trinajstić information content (AvgIpc) is 2.20. The molecular formula is C11H13ClN2O. The lowest BCUT2D eigenvalue weighted by Gasteiger charge is -2.28. The van der Waals surface area contributed by atoms with Crippen molar-refractivity contribution < 1.29 is 4.79 Å². The molecule has 1 aliphatic rings. The molecule has 0 spiro atoms. The van der Waals surface area contributed by atoms with Gasteiger partial charge in [0.25, 0.3) is 0 Å². The maximum Gasteiger partial charge on any atom is 0.241 e. The fraction of sp³-hybridized carbons (Fsp3) is 0.364. The molecule has 1 amide bonds. The summed E-state index contributed by atoms with van der Waals surface area (Å²) in [6.45, 7) is 2.77. The Kier molecular flexibility index (Phi) is 2.93. The minimum absolute atomic E-state index is 0.0241. The quantitative estimate of drug-likeness (QED) is 0.759. The van der Waals surface area contributed by atoms with Gasteiger partial charge in [0.2, 0.25) is 5.91 Å². The predicted molar refractivity (Wildman–Crippen MR) is 59.8 cm³/mol. The Hall–Kier alpha value is -1.06. The third kappa shape index (κ3) is 2.30. The molecule has 0 radical (unpaired) electrons. The topological polar surface area (TPSA) is 41.1 Å². The summed E-state index contributed by atoms with van der Waals surface area (Å²) in [6.07, 6.45) is 0. The Morgan fingerprint density at radius 2 is 2.00 bits per heavy atom. The maximum absolute atomic E-state index is 11.7. The monoisotopic (exact) mass is 224 g/mol. The van der Waals surface area contributed by atoms with E-state index in [1.807, 2.05) is 19.1 Å². The molecule has 1 aromatic carbocycles. The van der Waals surface area contributed by atoms with Gasteiger partial charge in [-0.3, -0.25) is 4.79 Å². The van der Waals surface area contributed by atoms with E-state index in [-0.39, 0.29) is 18.0 Å². The van der Waals surface area contributed by atoms with Gasteiger partial charge < -0.3 is 10.6 Å². The molecule has 0 bridgehead atoms. The fourth-order valence-corrected chi connectivity index (χ4v) is 1.81. The number of amides is 1. The molecule has 1 heterocycles. The second-order valence-corrected chi connectivity index (χ2v) is 4.24.